The lowest BCUT2D eigenvalue weighted by Crippen LogP contribution is -2.26. The highest BCUT2D eigenvalue weighted by atomic mass is 15.2. The first kappa shape index (κ1) is 11.1. The van der Waals surface area contributed by atoms with Crippen molar-refractivity contribution in [1.29, 1.82) is 0 Å². The number of pyridine rings is 1. The Balaban J connectivity index is 1.80. The van der Waals surface area contributed by atoms with E-state index in [0.29, 0.717) is 0 Å². The molecule has 0 saturated carbocycles. The van der Waals surface area contributed by atoms with E-state index < -0.39 is 0 Å². The predicted octanol–water partition coefficient (Wildman–Crippen LogP) is 2.27. The maximum absolute atomic E-state index is 5.68. The monoisotopic (exact) mass is 239 g/mol. The van der Waals surface area contributed by atoms with Gasteiger partial charge in [0.05, 0.1) is 11.9 Å². The first-order valence-electron chi connectivity index (χ1n) is 6.36. The molecule has 2 heterocycles. The van der Waals surface area contributed by atoms with Crippen LogP contribution in [0, 0.1) is 0 Å². The van der Waals surface area contributed by atoms with Crippen molar-refractivity contribution >= 4 is 11.5 Å². The lowest BCUT2D eigenvalue weighted by molar-refractivity contribution is 0.791. The molecule has 0 unspecified atom stereocenters. The zero-order chi connectivity index (χ0) is 12.4. The molecule has 0 fully saturated rings. The van der Waals surface area contributed by atoms with Crippen LogP contribution in [0.5, 0.6) is 0 Å². The minimum atomic E-state index is 0.719. The average molecular weight is 239 g/mol. The van der Waals surface area contributed by atoms with Gasteiger partial charge in [-0.15, -0.1) is 0 Å². The van der Waals surface area contributed by atoms with E-state index in [1.165, 1.54) is 11.1 Å². The molecular weight excluding hydrogens is 222 g/mol. The Hall–Kier alpha value is -2.03. The van der Waals surface area contributed by atoms with Crippen molar-refractivity contribution in [3.63, 3.8) is 0 Å². The van der Waals surface area contributed by atoms with Gasteiger partial charge in [-0.3, -0.25) is 0 Å². The van der Waals surface area contributed by atoms with Crippen LogP contribution >= 0.6 is 0 Å². The third-order valence-corrected chi connectivity index (χ3v) is 3.52. The molecule has 3 heteroatoms. The number of nitrogens with two attached hydrogens (primary N) is 1. The maximum atomic E-state index is 5.68. The number of hydrogen-bond donors (Lipinski definition) is 1. The molecule has 92 valence electrons. The topological polar surface area (TPSA) is 42.1 Å². The minimum absolute atomic E-state index is 0.719. The second-order valence-electron chi connectivity index (χ2n) is 4.71. The highest BCUT2D eigenvalue weighted by Crippen LogP contribution is 2.19. The van der Waals surface area contributed by atoms with Gasteiger partial charge in [-0.2, -0.15) is 0 Å². The van der Waals surface area contributed by atoms with Gasteiger partial charge in [-0.1, -0.05) is 24.3 Å². The summed E-state index contributed by atoms with van der Waals surface area (Å²) in [6, 6.07) is 12.6. The van der Waals surface area contributed by atoms with E-state index in [0.717, 1.165) is 37.4 Å². The summed E-state index contributed by atoms with van der Waals surface area (Å²) < 4.78 is 0. The van der Waals surface area contributed by atoms with Crippen molar-refractivity contribution in [2.75, 3.05) is 23.7 Å². The Morgan fingerprint density at radius 2 is 1.61 bits per heavy atom. The van der Waals surface area contributed by atoms with Crippen LogP contribution in [0.1, 0.15) is 11.1 Å². The van der Waals surface area contributed by atoms with Crippen LogP contribution in [0.4, 0.5) is 11.5 Å². The summed E-state index contributed by atoms with van der Waals surface area (Å²) in [7, 11) is 0. The molecular formula is C15H17N3. The molecule has 3 rings (SSSR count). The number of benzene rings is 1. The fraction of sp³-hybridized carbons (Fsp3) is 0.267. The number of rotatable bonds is 1. The summed E-state index contributed by atoms with van der Waals surface area (Å²) in [6.07, 6.45) is 3.90. The largest absolute Gasteiger partial charge is 0.397 e. The molecule has 1 aliphatic heterocycles. The highest BCUT2D eigenvalue weighted by Gasteiger charge is 2.14. The quantitative estimate of drug-likeness (QED) is 0.830. The van der Waals surface area contributed by atoms with E-state index in [1.807, 2.05) is 12.1 Å². The lowest BCUT2D eigenvalue weighted by Gasteiger charge is -2.21. The number of fused-ring (bicyclic) bond motifs is 1. The number of hydrogen-bond acceptors (Lipinski definition) is 3. The zero-order valence-corrected chi connectivity index (χ0v) is 10.3. The van der Waals surface area contributed by atoms with Crippen LogP contribution in [-0.2, 0) is 12.8 Å². The molecule has 0 atom stereocenters. The summed E-state index contributed by atoms with van der Waals surface area (Å²) in [6.45, 7) is 2.04. The van der Waals surface area contributed by atoms with Crippen molar-refractivity contribution in [3.05, 3.63) is 53.7 Å². The Morgan fingerprint density at radius 1 is 0.944 bits per heavy atom. The van der Waals surface area contributed by atoms with Gasteiger partial charge in [-0.25, -0.2) is 4.98 Å². The number of nitrogen functional groups attached to an aromatic ring is 1. The molecule has 2 N–H and O–H groups in total. The molecule has 3 nitrogen and oxygen atoms in total. The highest BCUT2D eigenvalue weighted by molar-refractivity contribution is 5.47. The fourth-order valence-electron chi connectivity index (χ4n) is 2.48. The molecule has 0 saturated heterocycles. The number of anilines is 2. The average Bonchev–Trinajstić information content (AvgIpc) is 2.62. The standard InChI is InChI=1S/C15H17N3/c16-14-5-6-15(17-11-14)18-9-7-12-3-1-2-4-13(12)8-10-18/h1-6,11H,7-10,16H2. The summed E-state index contributed by atoms with van der Waals surface area (Å²) in [5.74, 6) is 1.03. The van der Waals surface area contributed by atoms with Crippen LogP contribution in [0.15, 0.2) is 42.6 Å². The predicted molar refractivity (Wildman–Crippen MR) is 74.7 cm³/mol. The summed E-state index contributed by atoms with van der Waals surface area (Å²) in [4.78, 5) is 6.74. The van der Waals surface area contributed by atoms with Crippen molar-refractivity contribution in [1.82, 2.24) is 4.98 Å². The first-order chi connectivity index (χ1) is 8.83. The molecule has 0 spiro atoms. The Morgan fingerprint density at radius 3 is 2.17 bits per heavy atom. The second-order valence-corrected chi connectivity index (χ2v) is 4.71. The van der Waals surface area contributed by atoms with E-state index in [2.05, 4.69) is 34.1 Å². The third-order valence-electron chi connectivity index (χ3n) is 3.52. The van der Waals surface area contributed by atoms with E-state index in [-0.39, 0.29) is 0 Å². The van der Waals surface area contributed by atoms with Gasteiger partial charge in [0.2, 0.25) is 0 Å². The van der Waals surface area contributed by atoms with Crippen LogP contribution in [0.2, 0.25) is 0 Å². The van der Waals surface area contributed by atoms with Crippen LogP contribution in [0.3, 0.4) is 0 Å². The minimum Gasteiger partial charge on any atom is -0.397 e. The van der Waals surface area contributed by atoms with E-state index >= 15 is 0 Å². The fourth-order valence-corrected chi connectivity index (χ4v) is 2.48. The Bertz CT molecular complexity index is 507. The molecule has 0 bridgehead atoms. The lowest BCUT2D eigenvalue weighted by atomic mass is 10.0. The van der Waals surface area contributed by atoms with Crippen molar-refractivity contribution in [2.24, 2.45) is 0 Å². The normalized spacial score (nSPS) is 15.0. The van der Waals surface area contributed by atoms with Gasteiger partial charge >= 0.3 is 0 Å². The molecule has 0 radical (unpaired) electrons. The van der Waals surface area contributed by atoms with E-state index in [1.54, 1.807) is 6.20 Å². The van der Waals surface area contributed by atoms with Crippen molar-refractivity contribution < 1.29 is 0 Å². The van der Waals surface area contributed by atoms with Gasteiger partial charge in [0.25, 0.3) is 0 Å². The molecule has 1 aromatic heterocycles. The summed E-state index contributed by atoms with van der Waals surface area (Å²) >= 11 is 0. The first-order valence-corrected chi connectivity index (χ1v) is 6.36. The Kier molecular flexibility index (Phi) is 2.89. The van der Waals surface area contributed by atoms with Crippen LogP contribution in [-0.4, -0.2) is 18.1 Å². The second kappa shape index (κ2) is 4.69. The number of aromatic nitrogens is 1. The van der Waals surface area contributed by atoms with Gasteiger partial charge in [0, 0.05) is 13.1 Å². The van der Waals surface area contributed by atoms with Crippen LogP contribution in [0.25, 0.3) is 0 Å². The van der Waals surface area contributed by atoms with Gasteiger partial charge in [0.1, 0.15) is 5.82 Å². The smallest absolute Gasteiger partial charge is 0.128 e. The van der Waals surface area contributed by atoms with Gasteiger partial charge < -0.3 is 10.6 Å². The molecule has 1 aromatic carbocycles. The van der Waals surface area contributed by atoms with Crippen molar-refractivity contribution in [2.45, 2.75) is 12.8 Å². The van der Waals surface area contributed by atoms with E-state index in [9.17, 15) is 0 Å². The Labute approximate surface area is 107 Å². The molecule has 0 aliphatic carbocycles. The van der Waals surface area contributed by atoms with Gasteiger partial charge in [0.15, 0.2) is 0 Å². The maximum Gasteiger partial charge on any atom is 0.128 e. The summed E-state index contributed by atoms with van der Waals surface area (Å²) in [5.41, 5.74) is 9.33. The third kappa shape index (κ3) is 2.16. The molecule has 18 heavy (non-hydrogen) atoms. The summed E-state index contributed by atoms with van der Waals surface area (Å²) in [5, 5.41) is 0. The van der Waals surface area contributed by atoms with Crippen molar-refractivity contribution in [3.8, 4) is 0 Å². The SMILES string of the molecule is Nc1ccc(N2CCc3ccccc3CC2)nc1. The molecule has 2 aromatic rings. The van der Waals surface area contributed by atoms with Gasteiger partial charge in [-0.05, 0) is 36.1 Å². The zero-order valence-electron chi connectivity index (χ0n) is 10.3. The molecule has 1 aliphatic rings. The van der Waals surface area contributed by atoms with E-state index in [4.69, 9.17) is 5.73 Å². The van der Waals surface area contributed by atoms with Crippen LogP contribution < -0.4 is 10.6 Å². The number of nitrogens with zero attached hydrogens (tertiary/aromatic N) is 2. The molecule has 0 amide bonds.